The van der Waals surface area contributed by atoms with Crippen molar-refractivity contribution in [2.45, 2.75) is 27.7 Å². The van der Waals surface area contributed by atoms with Gasteiger partial charge in [0, 0.05) is 18.8 Å². The summed E-state index contributed by atoms with van der Waals surface area (Å²) in [6, 6.07) is 6.19. The molecule has 0 fully saturated rings. The topological polar surface area (TPSA) is 53.9 Å². The van der Waals surface area contributed by atoms with Crippen molar-refractivity contribution in [2.75, 3.05) is 23.3 Å². The van der Waals surface area contributed by atoms with Crippen LogP contribution in [0.1, 0.15) is 25.0 Å². The van der Waals surface area contributed by atoms with Gasteiger partial charge in [-0.25, -0.2) is 0 Å². The summed E-state index contributed by atoms with van der Waals surface area (Å²) in [7, 11) is 0. The van der Waals surface area contributed by atoms with Crippen molar-refractivity contribution in [3.63, 3.8) is 0 Å². The van der Waals surface area contributed by atoms with E-state index in [0.717, 1.165) is 24.6 Å². The van der Waals surface area contributed by atoms with Crippen molar-refractivity contribution >= 4 is 17.5 Å². The van der Waals surface area contributed by atoms with Gasteiger partial charge in [-0.2, -0.15) is 10.1 Å². The Labute approximate surface area is 120 Å². The second kappa shape index (κ2) is 6.32. The molecule has 5 heteroatoms. The summed E-state index contributed by atoms with van der Waals surface area (Å²) in [5.41, 5.74) is 3.49. The molecule has 20 heavy (non-hydrogen) atoms. The lowest BCUT2D eigenvalue weighted by molar-refractivity contribution is 0.826. The summed E-state index contributed by atoms with van der Waals surface area (Å²) in [5, 5.41) is 11.3. The van der Waals surface area contributed by atoms with Gasteiger partial charge in [0.25, 0.3) is 0 Å². The van der Waals surface area contributed by atoms with Gasteiger partial charge in [-0.05, 0) is 51.0 Å². The molecule has 106 valence electrons. The van der Waals surface area contributed by atoms with Gasteiger partial charge in [0.2, 0.25) is 5.95 Å². The molecule has 2 rings (SSSR count). The Hall–Kier alpha value is -2.17. The van der Waals surface area contributed by atoms with E-state index >= 15 is 0 Å². The van der Waals surface area contributed by atoms with Gasteiger partial charge in [-0.3, -0.25) is 0 Å². The van der Waals surface area contributed by atoms with Crippen LogP contribution < -0.4 is 10.2 Å². The zero-order valence-electron chi connectivity index (χ0n) is 12.5. The molecular weight excluding hydrogens is 250 g/mol. The van der Waals surface area contributed by atoms with E-state index in [4.69, 9.17) is 0 Å². The summed E-state index contributed by atoms with van der Waals surface area (Å²) >= 11 is 0. The molecule has 0 aliphatic rings. The van der Waals surface area contributed by atoms with Gasteiger partial charge in [0.15, 0.2) is 5.82 Å². The van der Waals surface area contributed by atoms with Crippen LogP contribution in [0.15, 0.2) is 24.4 Å². The normalized spacial score (nSPS) is 10.4. The number of aryl methyl sites for hydroxylation is 2. The van der Waals surface area contributed by atoms with E-state index in [1.54, 1.807) is 6.20 Å². The molecule has 1 aromatic carbocycles. The van der Waals surface area contributed by atoms with E-state index in [-0.39, 0.29) is 0 Å². The molecule has 2 aromatic rings. The van der Waals surface area contributed by atoms with Gasteiger partial charge < -0.3 is 10.2 Å². The molecule has 0 spiro atoms. The SMILES string of the molecule is CCN(CC)c1cnnc(Nc2ccc(C)c(C)c2)n1. The lowest BCUT2D eigenvalue weighted by Gasteiger charge is -2.19. The summed E-state index contributed by atoms with van der Waals surface area (Å²) in [4.78, 5) is 6.64. The minimum atomic E-state index is 0.526. The van der Waals surface area contributed by atoms with Crippen LogP contribution in [-0.2, 0) is 0 Å². The van der Waals surface area contributed by atoms with E-state index in [9.17, 15) is 0 Å². The van der Waals surface area contributed by atoms with Crippen molar-refractivity contribution in [3.8, 4) is 0 Å². The fourth-order valence-corrected chi connectivity index (χ4v) is 2.00. The number of nitrogens with one attached hydrogen (secondary N) is 1. The van der Waals surface area contributed by atoms with E-state index in [1.807, 2.05) is 6.07 Å². The molecule has 0 amide bonds. The molecule has 0 aliphatic carbocycles. The van der Waals surface area contributed by atoms with Gasteiger partial charge in [0.05, 0.1) is 6.20 Å². The summed E-state index contributed by atoms with van der Waals surface area (Å²) in [6.45, 7) is 10.2. The van der Waals surface area contributed by atoms with Gasteiger partial charge in [0.1, 0.15) is 0 Å². The quantitative estimate of drug-likeness (QED) is 0.905. The van der Waals surface area contributed by atoms with Crippen LogP contribution in [0.25, 0.3) is 0 Å². The summed E-state index contributed by atoms with van der Waals surface area (Å²) < 4.78 is 0. The molecule has 0 saturated carbocycles. The first-order valence-electron chi connectivity index (χ1n) is 6.93. The molecule has 0 saturated heterocycles. The second-order valence-corrected chi connectivity index (χ2v) is 4.73. The zero-order chi connectivity index (χ0) is 14.5. The van der Waals surface area contributed by atoms with Crippen molar-refractivity contribution in [1.82, 2.24) is 15.2 Å². The molecule has 0 unspecified atom stereocenters. The maximum Gasteiger partial charge on any atom is 0.249 e. The highest BCUT2D eigenvalue weighted by atomic mass is 15.3. The Morgan fingerprint density at radius 2 is 1.85 bits per heavy atom. The number of anilines is 3. The predicted octanol–water partition coefficient (Wildman–Crippen LogP) is 3.08. The van der Waals surface area contributed by atoms with E-state index in [0.29, 0.717) is 5.95 Å². The first-order valence-corrected chi connectivity index (χ1v) is 6.93. The van der Waals surface area contributed by atoms with Crippen LogP contribution >= 0.6 is 0 Å². The molecule has 0 aliphatic heterocycles. The monoisotopic (exact) mass is 271 g/mol. The van der Waals surface area contributed by atoms with Crippen LogP contribution in [-0.4, -0.2) is 28.3 Å². The third-order valence-corrected chi connectivity index (χ3v) is 3.40. The van der Waals surface area contributed by atoms with Crippen LogP contribution in [0.2, 0.25) is 0 Å². The van der Waals surface area contributed by atoms with Crippen molar-refractivity contribution in [1.29, 1.82) is 0 Å². The minimum Gasteiger partial charge on any atom is -0.356 e. The molecule has 1 aromatic heterocycles. The number of hydrogen-bond donors (Lipinski definition) is 1. The maximum absolute atomic E-state index is 4.50. The van der Waals surface area contributed by atoms with Crippen molar-refractivity contribution < 1.29 is 0 Å². The van der Waals surface area contributed by atoms with Crippen molar-refractivity contribution in [3.05, 3.63) is 35.5 Å². The Balaban J connectivity index is 2.21. The standard InChI is InChI=1S/C15H21N5/c1-5-20(6-2)14-10-16-19-15(18-14)17-13-8-7-11(3)12(4)9-13/h7-10H,5-6H2,1-4H3,(H,17,18,19). The molecule has 0 atom stereocenters. The maximum atomic E-state index is 4.50. The number of rotatable bonds is 5. The Kier molecular flexibility index (Phi) is 4.50. The second-order valence-electron chi connectivity index (χ2n) is 4.73. The fraction of sp³-hybridized carbons (Fsp3) is 0.400. The van der Waals surface area contributed by atoms with E-state index in [1.165, 1.54) is 11.1 Å². The van der Waals surface area contributed by atoms with Crippen LogP contribution in [0.3, 0.4) is 0 Å². The summed E-state index contributed by atoms with van der Waals surface area (Å²) in [5.74, 6) is 1.37. The van der Waals surface area contributed by atoms with Gasteiger partial charge in [-0.15, -0.1) is 5.10 Å². The van der Waals surface area contributed by atoms with Crippen LogP contribution in [0.4, 0.5) is 17.5 Å². The van der Waals surface area contributed by atoms with Gasteiger partial charge >= 0.3 is 0 Å². The number of aromatic nitrogens is 3. The molecule has 1 heterocycles. The molecular formula is C15H21N5. The lowest BCUT2D eigenvalue weighted by Crippen LogP contribution is -2.23. The molecule has 5 nitrogen and oxygen atoms in total. The minimum absolute atomic E-state index is 0.526. The molecule has 0 bridgehead atoms. The average molecular weight is 271 g/mol. The highest BCUT2D eigenvalue weighted by Crippen LogP contribution is 2.18. The summed E-state index contributed by atoms with van der Waals surface area (Å²) in [6.07, 6.45) is 1.69. The predicted molar refractivity (Wildman–Crippen MR) is 82.6 cm³/mol. The van der Waals surface area contributed by atoms with Gasteiger partial charge in [-0.1, -0.05) is 6.07 Å². The largest absolute Gasteiger partial charge is 0.356 e. The lowest BCUT2D eigenvalue weighted by atomic mass is 10.1. The number of hydrogen-bond acceptors (Lipinski definition) is 5. The van der Waals surface area contributed by atoms with Crippen LogP contribution in [0, 0.1) is 13.8 Å². The Bertz CT molecular complexity index is 578. The number of nitrogens with zero attached hydrogens (tertiary/aromatic N) is 4. The highest BCUT2D eigenvalue weighted by molar-refractivity contribution is 5.56. The highest BCUT2D eigenvalue weighted by Gasteiger charge is 2.06. The smallest absolute Gasteiger partial charge is 0.249 e. The molecule has 1 N–H and O–H groups in total. The van der Waals surface area contributed by atoms with E-state index in [2.05, 4.69) is 65.2 Å². The van der Waals surface area contributed by atoms with E-state index < -0.39 is 0 Å². The first-order chi connectivity index (χ1) is 9.63. The molecule has 0 radical (unpaired) electrons. The zero-order valence-corrected chi connectivity index (χ0v) is 12.5. The van der Waals surface area contributed by atoms with Crippen LogP contribution in [0.5, 0.6) is 0 Å². The Morgan fingerprint density at radius 1 is 1.10 bits per heavy atom. The fourth-order valence-electron chi connectivity index (χ4n) is 2.00. The number of benzene rings is 1. The third kappa shape index (κ3) is 3.23. The average Bonchev–Trinajstić information content (AvgIpc) is 2.45. The third-order valence-electron chi connectivity index (χ3n) is 3.40. The Morgan fingerprint density at radius 3 is 2.50 bits per heavy atom. The van der Waals surface area contributed by atoms with Crippen molar-refractivity contribution in [2.24, 2.45) is 0 Å². The first kappa shape index (κ1) is 14.2.